The topological polar surface area (TPSA) is 48.4 Å². The Bertz CT molecular complexity index is 448. The Labute approximate surface area is 108 Å². The Kier molecular flexibility index (Phi) is 4.17. The van der Waals surface area contributed by atoms with Gasteiger partial charge >= 0.3 is 12.3 Å². The first kappa shape index (κ1) is 14.0. The second kappa shape index (κ2) is 5.07. The molecule has 1 rings (SSSR count). The molecule has 0 amide bonds. The van der Waals surface area contributed by atoms with Crippen molar-refractivity contribution >= 4 is 28.6 Å². The third-order valence-electron chi connectivity index (χ3n) is 1.86. The number of halogens is 4. The third kappa shape index (κ3) is 3.45. The Morgan fingerprint density at radius 3 is 2.53 bits per heavy atom. The van der Waals surface area contributed by atoms with Crippen LogP contribution in [0.25, 0.3) is 0 Å². The molecule has 0 unspecified atom stereocenters. The lowest BCUT2D eigenvalue weighted by atomic mass is 10.1. The standard InChI is InChI=1S/C9H7F3INO3/c1-4-5(17-9(10,11)12)3-14-7(13)6(4)8(15)16-2/h3H,1-2H3. The highest BCUT2D eigenvalue weighted by Crippen LogP contribution is 2.29. The number of alkyl halides is 3. The SMILES string of the molecule is COC(=O)c1c(I)ncc(OC(F)(F)F)c1C. The third-order valence-corrected chi connectivity index (χ3v) is 2.68. The van der Waals surface area contributed by atoms with Gasteiger partial charge in [0.1, 0.15) is 3.70 Å². The summed E-state index contributed by atoms with van der Waals surface area (Å²) in [6, 6.07) is 0. The molecule has 1 aromatic heterocycles. The molecule has 0 aliphatic heterocycles. The first-order chi connectivity index (χ1) is 7.76. The molecule has 0 N–H and O–H groups in total. The minimum atomic E-state index is -4.83. The van der Waals surface area contributed by atoms with Gasteiger partial charge in [-0.15, -0.1) is 13.2 Å². The smallest absolute Gasteiger partial charge is 0.465 e. The van der Waals surface area contributed by atoms with E-state index >= 15 is 0 Å². The van der Waals surface area contributed by atoms with E-state index in [4.69, 9.17) is 0 Å². The van der Waals surface area contributed by atoms with Crippen LogP contribution in [0.4, 0.5) is 13.2 Å². The summed E-state index contributed by atoms with van der Waals surface area (Å²) < 4.78 is 44.7. The molecule has 0 atom stereocenters. The summed E-state index contributed by atoms with van der Waals surface area (Å²) in [5.41, 5.74) is 0.00317. The molecule has 0 fully saturated rings. The second-order valence-corrected chi connectivity index (χ2v) is 3.97. The van der Waals surface area contributed by atoms with E-state index in [1.54, 1.807) is 22.6 Å². The van der Waals surface area contributed by atoms with E-state index in [-0.39, 0.29) is 14.8 Å². The van der Waals surface area contributed by atoms with E-state index in [1.165, 1.54) is 6.92 Å². The highest BCUT2D eigenvalue weighted by Gasteiger charge is 2.33. The lowest BCUT2D eigenvalue weighted by Crippen LogP contribution is -2.19. The molecule has 0 aliphatic rings. The number of ether oxygens (including phenoxy) is 2. The molecule has 0 saturated carbocycles. The number of rotatable bonds is 2. The average Bonchev–Trinajstić information content (AvgIpc) is 2.20. The van der Waals surface area contributed by atoms with Crippen LogP contribution in [-0.2, 0) is 4.74 Å². The normalized spacial score (nSPS) is 11.2. The quantitative estimate of drug-likeness (QED) is 0.462. The van der Waals surface area contributed by atoms with Crippen LogP contribution < -0.4 is 4.74 Å². The zero-order valence-electron chi connectivity index (χ0n) is 8.76. The molecule has 0 aromatic carbocycles. The number of pyridine rings is 1. The number of esters is 1. The van der Waals surface area contributed by atoms with Crippen LogP contribution in [0.1, 0.15) is 15.9 Å². The number of hydrogen-bond acceptors (Lipinski definition) is 4. The second-order valence-electron chi connectivity index (χ2n) is 2.95. The van der Waals surface area contributed by atoms with E-state index in [9.17, 15) is 18.0 Å². The van der Waals surface area contributed by atoms with Gasteiger partial charge in [0.15, 0.2) is 5.75 Å². The van der Waals surface area contributed by atoms with Crippen molar-refractivity contribution in [2.24, 2.45) is 0 Å². The summed E-state index contributed by atoms with van der Waals surface area (Å²) in [5, 5.41) is 0. The maximum atomic E-state index is 12.1. The van der Waals surface area contributed by atoms with Gasteiger partial charge in [0.2, 0.25) is 0 Å². The predicted molar refractivity (Wildman–Crippen MR) is 59.7 cm³/mol. The summed E-state index contributed by atoms with van der Waals surface area (Å²) >= 11 is 1.73. The monoisotopic (exact) mass is 361 g/mol. The first-order valence-electron chi connectivity index (χ1n) is 4.25. The van der Waals surface area contributed by atoms with Crippen molar-refractivity contribution in [2.75, 3.05) is 7.11 Å². The van der Waals surface area contributed by atoms with Gasteiger partial charge in [-0.2, -0.15) is 0 Å². The fourth-order valence-corrected chi connectivity index (χ4v) is 1.89. The largest absolute Gasteiger partial charge is 0.573 e. The predicted octanol–water partition coefficient (Wildman–Crippen LogP) is 2.68. The lowest BCUT2D eigenvalue weighted by Gasteiger charge is -2.13. The van der Waals surface area contributed by atoms with Crippen molar-refractivity contribution in [3.8, 4) is 5.75 Å². The average molecular weight is 361 g/mol. The maximum absolute atomic E-state index is 12.1. The van der Waals surface area contributed by atoms with Gasteiger partial charge in [-0.25, -0.2) is 9.78 Å². The number of nitrogens with zero attached hydrogens (tertiary/aromatic N) is 1. The molecule has 1 aromatic rings. The van der Waals surface area contributed by atoms with E-state index in [0.29, 0.717) is 0 Å². The molecule has 0 bridgehead atoms. The van der Waals surface area contributed by atoms with Gasteiger partial charge < -0.3 is 9.47 Å². The van der Waals surface area contributed by atoms with Crippen molar-refractivity contribution in [3.63, 3.8) is 0 Å². The van der Waals surface area contributed by atoms with Gasteiger partial charge in [-0.05, 0) is 29.5 Å². The zero-order chi connectivity index (χ0) is 13.2. The Hall–Kier alpha value is -1.06. The van der Waals surface area contributed by atoms with Crippen LogP contribution in [0.15, 0.2) is 6.20 Å². The van der Waals surface area contributed by atoms with Crippen LogP contribution >= 0.6 is 22.6 Å². The van der Waals surface area contributed by atoms with Crippen molar-refractivity contribution < 1.29 is 27.4 Å². The first-order valence-corrected chi connectivity index (χ1v) is 5.33. The van der Waals surface area contributed by atoms with Crippen molar-refractivity contribution in [1.29, 1.82) is 0 Å². The van der Waals surface area contributed by atoms with Crippen LogP contribution in [-0.4, -0.2) is 24.4 Å². The molecule has 0 radical (unpaired) electrons. The van der Waals surface area contributed by atoms with Crippen molar-refractivity contribution in [1.82, 2.24) is 4.98 Å². The van der Waals surface area contributed by atoms with Gasteiger partial charge in [0.05, 0.1) is 18.9 Å². The highest BCUT2D eigenvalue weighted by molar-refractivity contribution is 14.1. The summed E-state index contributed by atoms with van der Waals surface area (Å²) in [7, 11) is 1.13. The van der Waals surface area contributed by atoms with Gasteiger partial charge in [0, 0.05) is 5.56 Å². The molecule has 17 heavy (non-hydrogen) atoms. The lowest BCUT2D eigenvalue weighted by molar-refractivity contribution is -0.275. The minimum Gasteiger partial charge on any atom is -0.465 e. The fraction of sp³-hybridized carbons (Fsp3) is 0.333. The number of methoxy groups -OCH3 is 1. The Balaban J connectivity index is 3.24. The van der Waals surface area contributed by atoms with Crippen LogP contribution in [0.3, 0.4) is 0 Å². The molecule has 0 saturated heterocycles. The molecule has 4 nitrogen and oxygen atoms in total. The van der Waals surface area contributed by atoms with Gasteiger partial charge in [-0.1, -0.05) is 0 Å². The summed E-state index contributed by atoms with van der Waals surface area (Å²) in [6.45, 7) is 1.33. The number of carbonyl (C=O) groups excluding carboxylic acids is 1. The van der Waals surface area contributed by atoms with E-state index in [0.717, 1.165) is 13.3 Å². The molecule has 8 heteroatoms. The van der Waals surface area contributed by atoms with Crippen LogP contribution in [0, 0.1) is 10.6 Å². The Morgan fingerprint density at radius 2 is 2.06 bits per heavy atom. The van der Waals surface area contributed by atoms with E-state index in [2.05, 4.69) is 14.5 Å². The molecule has 0 spiro atoms. The summed E-state index contributed by atoms with van der Waals surface area (Å²) in [4.78, 5) is 15.0. The highest BCUT2D eigenvalue weighted by atomic mass is 127. The molecular weight excluding hydrogens is 354 g/mol. The van der Waals surface area contributed by atoms with Gasteiger partial charge in [0.25, 0.3) is 0 Å². The maximum Gasteiger partial charge on any atom is 0.573 e. The Morgan fingerprint density at radius 1 is 1.47 bits per heavy atom. The number of hydrogen-bond donors (Lipinski definition) is 0. The molecular formula is C9H7F3INO3. The van der Waals surface area contributed by atoms with Crippen molar-refractivity contribution in [2.45, 2.75) is 13.3 Å². The number of aromatic nitrogens is 1. The zero-order valence-corrected chi connectivity index (χ0v) is 10.9. The van der Waals surface area contributed by atoms with Gasteiger partial charge in [-0.3, -0.25) is 0 Å². The number of carbonyl (C=O) groups is 1. The van der Waals surface area contributed by atoms with E-state index in [1.807, 2.05) is 0 Å². The molecule has 1 heterocycles. The molecule has 0 aliphatic carbocycles. The minimum absolute atomic E-state index is 0.0325. The van der Waals surface area contributed by atoms with Crippen molar-refractivity contribution in [3.05, 3.63) is 21.0 Å². The summed E-state index contributed by atoms with van der Waals surface area (Å²) in [6.07, 6.45) is -3.91. The summed E-state index contributed by atoms with van der Waals surface area (Å²) in [5.74, 6) is -1.27. The fourth-order valence-electron chi connectivity index (χ4n) is 1.12. The van der Waals surface area contributed by atoms with E-state index < -0.39 is 18.1 Å². The van der Waals surface area contributed by atoms with Crippen LogP contribution in [0.5, 0.6) is 5.75 Å². The molecule has 94 valence electrons. The van der Waals surface area contributed by atoms with Crippen LogP contribution in [0.2, 0.25) is 0 Å².